The molecular weight excluding hydrogens is 430 g/mol. The predicted molar refractivity (Wildman–Crippen MR) is 111 cm³/mol. The number of nitrogens with one attached hydrogen (secondary N) is 3. The molecule has 0 aromatic carbocycles. The average Bonchev–Trinajstić information content (AvgIpc) is 2.66. The van der Waals surface area contributed by atoms with Gasteiger partial charge in [0, 0.05) is 6.54 Å². The maximum absolute atomic E-state index is 12.6. The molecule has 0 bridgehead atoms. The molecule has 12 N–H and O–H groups in total. The molecule has 0 fully saturated rings. The molecule has 0 aromatic heterocycles. The molecule has 0 unspecified atom stereocenters. The fourth-order valence-corrected chi connectivity index (χ4v) is 2.38. The van der Waals surface area contributed by atoms with E-state index in [0.29, 0.717) is 0 Å². The van der Waals surface area contributed by atoms with Gasteiger partial charge in [0.2, 0.25) is 17.7 Å². The summed E-state index contributed by atoms with van der Waals surface area (Å²) in [5.74, 6) is -5.54. The summed E-state index contributed by atoms with van der Waals surface area (Å²) < 4.78 is 0. The molecule has 0 radical (unpaired) electrons. The van der Waals surface area contributed by atoms with E-state index in [4.69, 9.17) is 27.4 Å². The van der Waals surface area contributed by atoms with Gasteiger partial charge < -0.3 is 48.5 Å². The number of aliphatic imine (C=N–C) groups is 1. The highest BCUT2D eigenvalue weighted by molar-refractivity contribution is 5.94. The number of hydrogen-bond acceptors (Lipinski definition) is 8. The number of carboxylic acids is 2. The summed E-state index contributed by atoms with van der Waals surface area (Å²) >= 11 is 0. The second-order valence-electron chi connectivity index (χ2n) is 7.01. The van der Waals surface area contributed by atoms with E-state index in [1.165, 1.54) is 13.8 Å². The Morgan fingerprint density at radius 3 is 2.00 bits per heavy atom. The molecule has 15 heteroatoms. The molecule has 0 aliphatic rings. The Bertz CT molecular complexity index is 724. The Morgan fingerprint density at radius 1 is 0.938 bits per heavy atom. The third kappa shape index (κ3) is 11.1. The van der Waals surface area contributed by atoms with Gasteiger partial charge in [-0.25, -0.2) is 4.79 Å². The van der Waals surface area contributed by atoms with Gasteiger partial charge in [-0.15, -0.1) is 0 Å². The first-order valence-electron chi connectivity index (χ1n) is 9.61. The second kappa shape index (κ2) is 13.8. The fraction of sp³-hybridized carbons (Fsp3) is 0.647. The molecule has 0 aliphatic carbocycles. The molecule has 0 aliphatic heterocycles. The zero-order valence-electron chi connectivity index (χ0n) is 17.8. The SMILES string of the molecule is C[C@H](NC(=O)[C@H](CCCN=C(N)N)NC(=O)[C@@H](N)CC(=O)O)C(=O)N[C@H](C(=O)O)[C@@H](C)O. The van der Waals surface area contributed by atoms with Crippen molar-refractivity contribution in [3.8, 4) is 0 Å². The zero-order valence-corrected chi connectivity index (χ0v) is 17.8. The van der Waals surface area contributed by atoms with Gasteiger partial charge in [0.25, 0.3) is 0 Å². The minimum Gasteiger partial charge on any atom is -0.481 e. The van der Waals surface area contributed by atoms with Crippen molar-refractivity contribution in [1.29, 1.82) is 0 Å². The van der Waals surface area contributed by atoms with Crippen LogP contribution in [0.2, 0.25) is 0 Å². The van der Waals surface area contributed by atoms with Crippen molar-refractivity contribution in [1.82, 2.24) is 16.0 Å². The summed E-state index contributed by atoms with van der Waals surface area (Å²) in [6.07, 6.45) is -1.79. The van der Waals surface area contributed by atoms with Crippen LogP contribution < -0.4 is 33.2 Å². The molecule has 0 saturated heterocycles. The Balaban J connectivity index is 5.20. The Labute approximate surface area is 183 Å². The Hall–Kier alpha value is -3.46. The first-order valence-corrected chi connectivity index (χ1v) is 9.61. The van der Waals surface area contributed by atoms with Gasteiger partial charge in [-0.2, -0.15) is 0 Å². The lowest BCUT2D eigenvalue weighted by Crippen LogP contribution is -2.57. The molecular formula is C17H31N7O8. The van der Waals surface area contributed by atoms with Crippen molar-refractivity contribution < 1.29 is 39.3 Å². The van der Waals surface area contributed by atoms with Crippen molar-refractivity contribution in [3.05, 3.63) is 0 Å². The summed E-state index contributed by atoms with van der Waals surface area (Å²) in [4.78, 5) is 62.5. The largest absolute Gasteiger partial charge is 0.481 e. The van der Waals surface area contributed by atoms with Crippen LogP contribution in [-0.4, -0.2) is 87.8 Å². The number of hydrogen-bond donors (Lipinski definition) is 9. The number of carbonyl (C=O) groups is 5. The van der Waals surface area contributed by atoms with E-state index in [-0.39, 0.29) is 25.3 Å². The number of aliphatic hydroxyl groups is 1. The van der Waals surface area contributed by atoms with Crippen LogP contribution in [0.4, 0.5) is 0 Å². The monoisotopic (exact) mass is 461 g/mol. The van der Waals surface area contributed by atoms with E-state index in [1.807, 2.05) is 0 Å². The molecule has 0 spiro atoms. The third-order valence-corrected chi connectivity index (χ3v) is 4.11. The number of aliphatic carboxylic acids is 2. The smallest absolute Gasteiger partial charge is 0.328 e. The lowest BCUT2D eigenvalue weighted by molar-refractivity contribution is -0.145. The van der Waals surface area contributed by atoms with Crippen LogP contribution in [0.1, 0.15) is 33.1 Å². The van der Waals surface area contributed by atoms with Crippen molar-refractivity contribution in [3.63, 3.8) is 0 Å². The molecule has 0 heterocycles. The normalized spacial score (nSPS) is 15.2. The second-order valence-corrected chi connectivity index (χ2v) is 7.01. The van der Waals surface area contributed by atoms with Crippen LogP contribution in [0, 0.1) is 0 Å². The minimum atomic E-state index is -1.59. The van der Waals surface area contributed by atoms with Gasteiger partial charge in [0.05, 0.1) is 18.6 Å². The lowest BCUT2D eigenvalue weighted by atomic mass is 10.1. The number of carboxylic acid groups (broad SMARTS) is 2. The minimum absolute atomic E-state index is 0.0217. The van der Waals surface area contributed by atoms with Crippen LogP contribution in [0.15, 0.2) is 4.99 Å². The van der Waals surface area contributed by atoms with Gasteiger partial charge in [-0.1, -0.05) is 0 Å². The van der Waals surface area contributed by atoms with Crippen LogP contribution >= 0.6 is 0 Å². The van der Waals surface area contributed by atoms with Gasteiger partial charge in [0.1, 0.15) is 12.1 Å². The summed E-state index contributed by atoms with van der Waals surface area (Å²) in [6, 6.07) is -5.44. The van der Waals surface area contributed by atoms with E-state index in [2.05, 4.69) is 20.9 Å². The highest BCUT2D eigenvalue weighted by Crippen LogP contribution is 2.02. The maximum Gasteiger partial charge on any atom is 0.328 e. The van der Waals surface area contributed by atoms with Gasteiger partial charge >= 0.3 is 11.9 Å². The number of nitrogens with zero attached hydrogens (tertiary/aromatic N) is 1. The molecule has 0 rings (SSSR count). The summed E-state index contributed by atoms with van der Waals surface area (Å²) in [5, 5.41) is 33.9. The Kier molecular flexibility index (Phi) is 12.3. The van der Waals surface area contributed by atoms with Gasteiger partial charge in [-0.3, -0.25) is 24.2 Å². The molecule has 182 valence electrons. The molecule has 0 aromatic rings. The average molecular weight is 461 g/mol. The van der Waals surface area contributed by atoms with Gasteiger partial charge in [-0.05, 0) is 26.7 Å². The number of rotatable bonds is 14. The number of carbonyl (C=O) groups excluding carboxylic acids is 3. The predicted octanol–water partition coefficient (Wildman–Crippen LogP) is -4.22. The van der Waals surface area contributed by atoms with Crippen LogP contribution in [-0.2, 0) is 24.0 Å². The Morgan fingerprint density at radius 2 is 1.53 bits per heavy atom. The van der Waals surface area contributed by atoms with Crippen LogP contribution in [0.3, 0.4) is 0 Å². The highest BCUT2D eigenvalue weighted by Gasteiger charge is 2.30. The number of guanidine groups is 1. The molecule has 5 atom stereocenters. The number of nitrogens with two attached hydrogens (primary N) is 3. The quantitative estimate of drug-likeness (QED) is 0.0679. The fourth-order valence-electron chi connectivity index (χ4n) is 2.38. The van der Waals surface area contributed by atoms with Crippen LogP contribution in [0.25, 0.3) is 0 Å². The zero-order chi connectivity index (χ0) is 25.0. The first-order chi connectivity index (χ1) is 14.8. The summed E-state index contributed by atoms with van der Waals surface area (Å²) in [5.41, 5.74) is 15.9. The highest BCUT2D eigenvalue weighted by atomic mass is 16.4. The number of aliphatic hydroxyl groups excluding tert-OH is 1. The van der Waals surface area contributed by atoms with E-state index in [1.54, 1.807) is 0 Å². The van der Waals surface area contributed by atoms with Crippen molar-refractivity contribution in [2.45, 2.75) is 63.4 Å². The molecule has 3 amide bonds. The first kappa shape index (κ1) is 28.5. The standard InChI is InChI=1S/C17H31N7O8/c1-7(13(28)24-12(8(2)25)16(31)32)22-15(30)10(4-3-5-21-17(19)20)23-14(29)9(18)6-11(26)27/h7-10,12,25H,3-6,18H2,1-2H3,(H,22,30)(H,23,29)(H,24,28)(H,26,27)(H,31,32)(H4,19,20,21)/t7-,8+,9-,10-,12-/m0/s1. The third-order valence-electron chi connectivity index (χ3n) is 4.11. The van der Waals surface area contributed by atoms with Crippen molar-refractivity contribution >= 4 is 35.6 Å². The van der Waals surface area contributed by atoms with Crippen LogP contribution in [0.5, 0.6) is 0 Å². The molecule has 15 nitrogen and oxygen atoms in total. The van der Waals surface area contributed by atoms with E-state index in [9.17, 15) is 29.1 Å². The van der Waals surface area contributed by atoms with E-state index >= 15 is 0 Å². The topological polar surface area (TPSA) is 273 Å². The van der Waals surface area contributed by atoms with Crippen molar-refractivity contribution in [2.24, 2.45) is 22.2 Å². The molecule has 32 heavy (non-hydrogen) atoms. The van der Waals surface area contributed by atoms with Gasteiger partial charge in [0.15, 0.2) is 12.0 Å². The maximum atomic E-state index is 12.6. The lowest BCUT2D eigenvalue weighted by Gasteiger charge is -2.24. The molecule has 0 saturated carbocycles. The number of amides is 3. The summed E-state index contributed by atoms with van der Waals surface area (Å²) in [7, 11) is 0. The summed E-state index contributed by atoms with van der Waals surface area (Å²) in [6.45, 7) is 2.57. The van der Waals surface area contributed by atoms with E-state index in [0.717, 1.165) is 0 Å². The van der Waals surface area contributed by atoms with E-state index < -0.39 is 66.4 Å². The van der Waals surface area contributed by atoms with Crippen molar-refractivity contribution in [2.75, 3.05) is 6.54 Å².